The van der Waals surface area contributed by atoms with E-state index < -0.39 is 90.5 Å². The molecule has 3 heterocycles. The molecule has 0 bridgehead atoms. The van der Waals surface area contributed by atoms with Crippen LogP contribution in [0.25, 0.3) is 11.2 Å². The van der Waals surface area contributed by atoms with E-state index in [-0.39, 0.29) is 65.9 Å². The molecule has 1 aliphatic heterocycles. The molecule has 3 aromatic rings. The van der Waals surface area contributed by atoms with Crippen LogP contribution in [0.4, 0.5) is 5.82 Å². The number of phosphoric acid groups is 3. The van der Waals surface area contributed by atoms with Crippen molar-refractivity contribution in [3.63, 3.8) is 0 Å². The number of rotatable bonds is 33. The fourth-order valence-corrected chi connectivity index (χ4v) is 11.4. The van der Waals surface area contributed by atoms with Crippen molar-refractivity contribution in [2.45, 2.75) is 148 Å². The average Bonchev–Trinajstić information content (AvgIpc) is 3.80. The monoisotopic (exact) mass is 1100 g/mol. The molecule has 74 heavy (non-hydrogen) atoms. The summed E-state index contributed by atoms with van der Waals surface area (Å²) in [5.41, 5.74) is 6.38. The lowest BCUT2D eigenvalue weighted by Crippen LogP contribution is -2.46. The van der Waals surface area contributed by atoms with Gasteiger partial charge in [0.15, 0.2) is 17.7 Å². The van der Waals surface area contributed by atoms with Crippen LogP contribution >= 0.6 is 23.5 Å². The normalized spacial score (nSPS) is 20.9. The van der Waals surface area contributed by atoms with Gasteiger partial charge < -0.3 is 74.1 Å². The van der Waals surface area contributed by atoms with Gasteiger partial charge in [0, 0.05) is 37.8 Å². The van der Waals surface area contributed by atoms with Gasteiger partial charge >= 0.3 is 5.97 Å². The zero-order valence-electron chi connectivity index (χ0n) is 41.7. The van der Waals surface area contributed by atoms with Gasteiger partial charge in [0.1, 0.15) is 42.0 Å². The zero-order chi connectivity index (χ0) is 54.7. The highest BCUT2D eigenvalue weighted by molar-refractivity contribution is 7.59. The Morgan fingerprint density at radius 1 is 0.905 bits per heavy atom. The van der Waals surface area contributed by atoms with Crippen molar-refractivity contribution in [3.8, 4) is 0 Å². The summed E-state index contributed by atoms with van der Waals surface area (Å²) >= 11 is 0. The maximum absolute atomic E-state index is 12.8. The maximum Gasteiger partial charge on any atom is 0.303 e. The number of anilines is 1. The number of carbonyl (C=O) groups is 4. The number of unbranched alkanes of at least 4 members (excludes halogenated alkanes) is 2. The number of imidazole rings is 1. The molecule has 0 radical (unpaired) electrons. The molecule has 7 unspecified atom stereocenters. The maximum atomic E-state index is 12.8. The van der Waals surface area contributed by atoms with Gasteiger partial charge in [0.05, 0.1) is 33.8 Å². The SMILES string of the molecule is CC(C)(CCCCc1ccc(CCCCC2(CC(=O)O)CC2)cc1)CC(=O)CCNC(=O)CCNC(=O)C(O)C(C)(C)COP(=O)([O-])OP(=O)([O-])OCC1OC(n2cnc3c(N)ncnc32)C(O)C1OP(=O)([O-])[O-]. The molecular formula is C45H66N7O19P3-4. The number of nitrogens with two attached hydrogens (primary N) is 1. The van der Waals surface area contributed by atoms with Crippen LogP contribution in [-0.2, 0) is 68.3 Å². The summed E-state index contributed by atoms with van der Waals surface area (Å²) in [7, 11) is -17.7. The fraction of sp³-hybridized carbons (Fsp3) is 0.667. The smallest absolute Gasteiger partial charge is 0.303 e. The Balaban J connectivity index is 0.944. The van der Waals surface area contributed by atoms with Gasteiger partial charge in [-0.15, -0.1) is 0 Å². The highest BCUT2D eigenvalue weighted by Crippen LogP contribution is 2.57. The minimum atomic E-state index is -5.94. The number of ketones is 1. The van der Waals surface area contributed by atoms with Gasteiger partial charge in [-0.1, -0.05) is 64.8 Å². The topological polar surface area (TPSA) is 412 Å². The summed E-state index contributed by atoms with van der Waals surface area (Å²) in [6, 6.07) is 8.64. The van der Waals surface area contributed by atoms with E-state index in [2.05, 4.69) is 67.7 Å². The quantitative estimate of drug-likeness (QED) is 0.0373. The van der Waals surface area contributed by atoms with Crippen LogP contribution in [0.2, 0.25) is 0 Å². The standard InChI is InChI=1S/C45H70N7O19P3/c1-43(2,17-7-5-9-29-11-13-30(14-12-29)10-6-8-18-45(19-20-45)24-34(55)56)23-31(53)15-21-47-33(54)16-22-48-41(59)38(58)44(3,4)26-68-74(65,66)71-73(63,64)67-25-32-37(70-72(60,61)62)36(57)42(69-32)52-28-51-35-39(46)49-27-50-40(35)52/h11-14,27-28,32,36-38,42,57-58H,5-10,15-26H2,1-4H3,(H,47,54)(H,48,59)(H,55,56)(H,63,64)(H,65,66)(H2,46,49,50)(H2,60,61,62)/p-4. The molecule has 2 fully saturated rings. The largest absolute Gasteiger partial charge is 0.790 e. The van der Waals surface area contributed by atoms with Crippen molar-refractivity contribution in [2.75, 3.05) is 32.0 Å². The Labute approximate surface area is 428 Å². The lowest BCUT2D eigenvalue weighted by Gasteiger charge is -2.36. The molecule has 2 amide bonds. The lowest BCUT2D eigenvalue weighted by atomic mass is 9.81. The third-order valence-corrected chi connectivity index (χ3v) is 16.0. The lowest BCUT2D eigenvalue weighted by molar-refractivity contribution is -0.347. The Hall–Kier alpha value is -4.10. The Morgan fingerprint density at radius 3 is 2.15 bits per heavy atom. The second kappa shape index (κ2) is 25.8. The van der Waals surface area contributed by atoms with Gasteiger partial charge in [-0.2, -0.15) is 0 Å². The fourth-order valence-electron chi connectivity index (χ4n) is 8.62. The Kier molecular flexibility index (Phi) is 21.2. The number of nitrogens with zero attached hydrogens (tertiary/aromatic N) is 4. The van der Waals surface area contributed by atoms with Gasteiger partial charge in [-0.05, 0) is 73.3 Å². The van der Waals surface area contributed by atoms with Crippen molar-refractivity contribution < 1.29 is 90.4 Å². The minimum Gasteiger partial charge on any atom is -0.790 e. The van der Waals surface area contributed by atoms with E-state index in [4.69, 9.17) is 15.6 Å². The molecule has 7 atom stereocenters. The van der Waals surface area contributed by atoms with E-state index in [9.17, 15) is 62.7 Å². The van der Waals surface area contributed by atoms with Gasteiger partial charge in [0.2, 0.25) is 11.8 Å². The van der Waals surface area contributed by atoms with E-state index in [1.807, 2.05) is 13.8 Å². The first-order valence-electron chi connectivity index (χ1n) is 24.1. The summed E-state index contributed by atoms with van der Waals surface area (Å²) in [5, 5.41) is 35.6. The van der Waals surface area contributed by atoms with Crippen LogP contribution in [0.15, 0.2) is 36.9 Å². The van der Waals surface area contributed by atoms with E-state index in [1.54, 1.807) is 0 Å². The summed E-state index contributed by atoms with van der Waals surface area (Å²) in [6.45, 7) is 4.00. The van der Waals surface area contributed by atoms with Gasteiger partial charge in [0.25, 0.3) is 15.6 Å². The number of ether oxygens (including phenoxy) is 1. The van der Waals surface area contributed by atoms with E-state index in [1.165, 1.54) is 25.0 Å². The number of carbonyl (C=O) groups excluding carboxylic acids is 3. The number of aliphatic carboxylic acids is 1. The number of hydrogen-bond acceptors (Lipinski definition) is 22. The molecule has 26 nitrogen and oxygen atoms in total. The highest BCUT2D eigenvalue weighted by atomic mass is 31.3. The number of nitrogen functional groups attached to an aromatic ring is 1. The van der Waals surface area contributed by atoms with Crippen molar-refractivity contribution in [1.29, 1.82) is 0 Å². The van der Waals surface area contributed by atoms with E-state index in [0.29, 0.717) is 6.42 Å². The predicted molar refractivity (Wildman–Crippen MR) is 254 cm³/mol. The molecule has 1 saturated carbocycles. The number of carboxylic acids is 1. The summed E-state index contributed by atoms with van der Waals surface area (Å²) in [6.07, 6.45) is 2.76. The highest BCUT2D eigenvalue weighted by Gasteiger charge is 2.48. The third kappa shape index (κ3) is 19.2. The average molecular weight is 1100 g/mol. The molecule has 414 valence electrons. The molecule has 2 aliphatic rings. The number of aromatic nitrogens is 4. The Morgan fingerprint density at radius 2 is 1.53 bits per heavy atom. The third-order valence-electron chi connectivity index (χ3n) is 13.0. The number of carboxylic acid groups (broad SMARTS) is 1. The molecule has 7 N–H and O–H groups in total. The summed E-state index contributed by atoms with van der Waals surface area (Å²) < 4.78 is 61.0. The van der Waals surface area contributed by atoms with Crippen LogP contribution in [0, 0.1) is 16.2 Å². The number of benzene rings is 1. The van der Waals surface area contributed by atoms with E-state index in [0.717, 1.165) is 81.4 Å². The van der Waals surface area contributed by atoms with Crippen molar-refractivity contribution in [1.82, 2.24) is 30.2 Å². The first-order valence-corrected chi connectivity index (χ1v) is 28.5. The molecule has 2 aromatic heterocycles. The molecular weight excluding hydrogens is 1040 g/mol. The zero-order valence-corrected chi connectivity index (χ0v) is 44.3. The molecule has 5 rings (SSSR count). The number of fused-ring (bicyclic) bond motifs is 1. The number of nitrogens with one attached hydrogen (secondary N) is 2. The van der Waals surface area contributed by atoms with Crippen molar-refractivity contribution in [2.24, 2.45) is 16.2 Å². The molecule has 1 aliphatic carbocycles. The second-order valence-electron chi connectivity index (χ2n) is 20.4. The molecule has 1 aromatic carbocycles. The van der Waals surface area contributed by atoms with Gasteiger partial charge in [-0.3, -0.25) is 32.9 Å². The first-order chi connectivity index (χ1) is 34.5. The van der Waals surface area contributed by atoms with Crippen LogP contribution in [0.3, 0.4) is 0 Å². The molecule has 0 spiro atoms. The van der Waals surface area contributed by atoms with Gasteiger partial charge in [-0.25, -0.2) is 19.3 Å². The van der Waals surface area contributed by atoms with Crippen LogP contribution in [-0.4, -0.2) is 109 Å². The van der Waals surface area contributed by atoms with E-state index >= 15 is 0 Å². The molecule has 29 heteroatoms. The van der Waals surface area contributed by atoms with Crippen LogP contribution in [0.5, 0.6) is 0 Å². The second-order valence-corrected chi connectivity index (χ2v) is 24.5. The minimum absolute atomic E-state index is 0.0169. The number of aryl methyl sites for hydroxylation is 2. The number of amides is 2. The summed E-state index contributed by atoms with van der Waals surface area (Å²) in [4.78, 5) is 109. The number of phosphoric ester groups is 3. The first kappa shape index (κ1) is 60.8. The van der Waals surface area contributed by atoms with Crippen LogP contribution < -0.4 is 35.9 Å². The van der Waals surface area contributed by atoms with Crippen LogP contribution in [0.1, 0.15) is 122 Å². The molecule has 1 saturated heterocycles. The number of hydrogen-bond donors (Lipinski definition) is 6. The van der Waals surface area contributed by atoms with Crippen molar-refractivity contribution >= 4 is 64.0 Å². The Bertz CT molecular complexity index is 2560. The number of aliphatic hydroxyl groups is 2. The number of aliphatic hydroxyl groups excluding tert-OH is 2. The number of Topliss-reactive ketones (excluding diaryl/α,β-unsaturated/α-hetero) is 1. The van der Waals surface area contributed by atoms with Crippen molar-refractivity contribution in [3.05, 3.63) is 48.0 Å². The predicted octanol–water partition coefficient (Wildman–Crippen LogP) is 1.63. The summed E-state index contributed by atoms with van der Waals surface area (Å²) in [5.74, 6) is -2.32.